The molecule has 2 saturated carbocycles. The quantitative estimate of drug-likeness (QED) is 0.746. The van der Waals surface area contributed by atoms with Gasteiger partial charge in [-0.25, -0.2) is 0 Å². The van der Waals surface area contributed by atoms with E-state index in [-0.39, 0.29) is 0 Å². The highest BCUT2D eigenvalue weighted by atomic mass is 14.9. The lowest BCUT2D eigenvalue weighted by Crippen LogP contribution is -2.35. The summed E-state index contributed by atoms with van der Waals surface area (Å²) in [6, 6.07) is 0.853. The standard InChI is InChI=1S/C14H27N/c1-3-13-5-4-6-14(13)15-10-12-8-7-11(2)9-12/h11-15H,3-10H2,1-2H3. The van der Waals surface area contributed by atoms with Crippen molar-refractivity contribution in [3.63, 3.8) is 0 Å². The minimum Gasteiger partial charge on any atom is -0.313 e. The summed E-state index contributed by atoms with van der Waals surface area (Å²) in [5.74, 6) is 2.95. The van der Waals surface area contributed by atoms with Crippen LogP contribution < -0.4 is 5.32 Å². The minimum atomic E-state index is 0.853. The van der Waals surface area contributed by atoms with Gasteiger partial charge in [0.1, 0.15) is 0 Å². The van der Waals surface area contributed by atoms with Crippen molar-refractivity contribution in [3.8, 4) is 0 Å². The van der Waals surface area contributed by atoms with Gasteiger partial charge in [0, 0.05) is 6.04 Å². The maximum Gasteiger partial charge on any atom is 0.00953 e. The molecule has 0 amide bonds. The molecule has 4 atom stereocenters. The second-order valence-electron chi connectivity index (χ2n) is 5.90. The molecule has 15 heavy (non-hydrogen) atoms. The molecule has 2 aliphatic rings. The van der Waals surface area contributed by atoms with Crippen LogP contribution in [0.5, 0.6) is 0 Å². The van der Waals surface area contributed by atoms with Gasteiger partial charge in [-0.3, -0.25) is 0 Å². The molecular formula is C14H27N. The summed E-state index contributed by atoms with van der Waals surface area (Å²) in [6.07, 6.45) is 10.1. The van der Waals surface area contributed by atoms with Crippen LogP contribution in [0.4, 0.5) is 0 Å². The third-order valence-electron chi connectivity index (χ3n) is 4.66. The van der Waals surface area contributed by atoms with Crippen LogP contribution in [0.25, 0.3) is 0 Å². The Morgan fingerprint density at radius 2 is 2.00 bits per heavy atom. The molecule has 1 nitrogen and oxygen atoms in total. The number of rotatable bonds is 4. The minimum absolute atomic E-state index is 0.853. The van der Waals surface area contributed by atoms with E-state index in [1.165, 1.54) is 51.5 Å². The SMILES string of the molecule is CCC1CCCC1NCC1CCC(C)C1. The average Bonchev–Trinajstić information content (AvgIpc) is 2.83. The highest BCUT2D eigenvalue weighted by Crippen LogP contribution is 2.31. The fourth-order valence-electron chi connectivity index (χ4n) is 3.62. The van der Waals surface area contributed by atoms with Crippen LogP contribution in [0.1, 0.15) is 58.8 Å². The highest BCUT2D eigenvalue weighted by molar-refractivity contribution is 4.84. The van der Waals surface area contributed by atoms with Crippen LogP contribution in [-0.2, 0) is 0 Å². The molecule has 0 aromatic carbocycles. The molecule has 88 valence electrons. The van der Waals surface area contributed by atoms with Gasteiger partial charge in [-0.2, -0.15) is 0 Å². The van der Waals surface area contributed by atoms with E-state index >= 15 is 0 Å². The van der Waals surface area contributed by atoms with E-state index in [1.807, 2.05) is 0 Å². The zero-order valence-corrected chi connectivity index (χ0v) is 10.5. The van der Waals surface area contributed by atoms with Crippen molar-refractivity contribution >= 4 is 0 Å². The summed E-state index contributed by atoms with van der Waals surface area (Å²) in [5.41, 5.74) is 0. The van der Waals surface area contributed by atoms with E-state index < -0.39 is 0 Å². The first-order chi connectivity index (χ1) is 7.29. The molecule has 2 rings (SSSR count). The fraction of sp³-hybridized carbons (Fsp3) is 1.00. The van der Waals surface area contributed by atoms with Crippen molar-refractivity contribution in [2.45, 2.75) is 64.8 Å². The second kappa shape index (κ2) is 5.34. The molecule has 0 aliphatic heterocycles. The Bertz CT molecular complexity index is 190. The molecule has 0 spiro atoms. The zero-order chi connectivity index (χ0) is 10.7. The number of nitrogens with one attached hydrogen (secondary N) is 1. The molecule has 0 heterocycles. The van der Waals surface area contributed by atoms with Gasteiger partial charge in [0.2, 0.25) is 0 Å². The first-order valence-corrected chi connectivity index (χ1v) is 7.03. The van der Waals surface area contributed by atoms with Gasteiger partial charge in [-0.15, -0.1) is 0 Å². The Morgan fingerprint density at radius 3 is 2.67 bits per heavy atom. The van der Waals surface area contributed by atoms with Crippen LogP contribution in [0.3, 0.4) is 0 Å². The van der Waals surface area contributed by atoms with Gasteiger partial charge in [0.25, 0.3) is 0 Å². The lowest BCUT2D eigenvalue weighted by Gasteiger charge is -2.21. The van der Waals surface area contributed by atoms with Gasteiger partial charge < -0.3 is 5.32 Å². The maximum atomic E-state index is 3.85. The van der Waals surface area contributed by atoms with E-state index in [0.717, 1.165) is 23.8 Å². The van der Waals surface area contributed by atoms with Crippen molar-refractivity contribution in [3.05, 3.63) is 0 Å². The number of hydrogen-bond donors (Lipinski definition) is 1. The van der Waals surface area contributed by atoms with Crippen LogP contribution in [-0.4, -0.2) is 12.6 Å². The van der Waals surface area contributed by atoms with Crippen molar-refractivity contribution in [1.82, 2.24) is 5.32 Å². The van der Waals surface area contributed by atoms with E-state index in [0.29, 0.717) is 0 Å². The van der Waals surface area contributed by atoms with Gasteiger partial charge in [-0.05, 0) is 50.0 Å². The summed E-state index contributed by atoms with van der Waals surface area (Å²) in [5, 5.41) is 3.85. The Hall–Kier alpha value is -0.0400. The van der Waals surface area contributed by atoms with Gasteiger partial charge in [-0.1, -0.05) is 33.1 Å². The molecule has 2 fully saturated rings. The molecular weight excluding hydrogens is 182 g/mol. The van der Waals surface area contributed by atoms with E-state index in [4.69, 9.17) is 0 Å². The highest BCUT2D eigenvalue weighted by Gasteiger charge is 2.27. The van der Waals surface area contributed by atoms with Crippen LogP contribution in [0.2, 0.25) is 0 Å². The molecule has 0 bridgehead atoms. The van der Waals surface area contributed by atoms with Crippen LogP contribution >= 0.6 is 0 Å². The van der Waals surface area contributed by atoms with Gasteiger partial charge in [0.05, 0.1) is 0 Å². The van der Waals surface area contributed by atoms with Crippen LogP contribution in [0, 0.1) is 17.8 Å². The van der Waals surface area contributed by atoms with Crippen LogP contribution in [0.15, 0.2) is 0 Å². The van der Waals surface area contributed by atoms with Crippen molar-refractivity contribution in [2.24, 2.45) is 17.8 Å². The molecule has 0 saturated heterocycles. The van der Waals surface area contributed by atoms with E-state index in [9.17, 15) is 0 Å². The molecule has 0 radical (unpaired) electrons. The summed E-state index contributed by atoms with van der Waals surface area (Å²) >= 11 is 0. The lowest BCUT2D eigenvalue weighted by molar-refractivity contribution is 0.356. The third kappa shape index (κ3) is 2.96. The van der Waals surface area contributed by atoms with E-state index in [2.05, 4.69) is 19.2 Å². The van der Waals surface area contributed by atoms with Gasteiger partial charge >= 0.3 is 0 Å². The average molecular weight is 209 g/mol. The first-order valence-electron chi connectivity index (χ1n) is 7.03. The predicted octanol–water partition coefficient (Wildman–Crippen LogP) is 3.59. The second-order valence-corrected chi connectivity index (χ2v) is 5.90. The monoisotopic (exact) mass is 209 g/mol. The van der Waals surface area contributed by atoms with Crippen molar-refractivity contribution in [2.75, 3.05) is 6.54 Å². The zero-order valence-electron chi connectivity index (χ0n) is 10.5. The third-order valence-corrected chi connectivity index (χ3v) is 4.66. The van der Waals surface area contributed by atoms with Crippen molar-refractivity contribution < 1.29 is 0 Å². The molecule has 0 aromatic rings. The largest absolute Gasteiger partial charge is 0.313 e. The summed E-state index contributed by atoms with van der Waals surface area (Å²) in [6.45, 7) is 6.05. The first kappa shape index (κ1) is 11.4. The Balaban J connectivity index is 1.68. The van der Waals surface area contributed by atoms with E-state index in [1.54, 1.807) is 0 Å². The lowest BCUT2D eigenvalue weighted by atomic mass is 9.99. The Kier molecular flexibility index (Phi) is 4.07. The molecule has 4 unspecified atom stereocenters. The fourth-order valence-corrected chi connectivity index (χ4v) is 3.62. The smallest absolute Gasteiger partial charge is 0.00953 e. The summed E-state index contributed by atoms with van der Waals surface area (Å²) < 4.78 is 0. The molecule has 1 heteroatoms. The Morgan fingerprint density at radius 1 is 1.13 bits per heavy atom. The number of hydrogen-bond acceptors (Lipinski definition) is 1. The van der Waals surface area contributed by atoms with Gasteiger partial charge in [0.15, 0.2) is 0 Å². The normalized spacial score (nSPS) is 41.2. The Labute approximate surface area is 95.0 Å². The van der Waals surface area contributed by atoms with Crippen molar-refractivity contribution in [1.29, 1.82) is 0 Å². The molecule has 1 N–H and O–H groups in total. The summed E-state index contributed by atoms with van der Waals surface area (Å²) in [4.78, 5) is 0. The summed E-state index contributed by atoms with van der Waals surface area (Å²) in [7, 11) is 0. The molecule has 0 aromatic heterocycles. The predicted molar refractivity (Wildman–Crippen MR) is 65.9 cm³/mol. The maximum absolute atomic E-state index is 3.85. The molecule has 2 aliphatic carbocycles. The topological polar surface area (TPSA) is 12.0 Å².